The van der Waals surface area contributed by atoms with E-state index in [1.54, 1.807) is 0 Å². The van der Waals surface area contributed by atoms with Crippen LogP contribution in [0.3, 0.4) is 0 Å². The molecular weight excluding hydrogens is 210 g/mol. The lowest BCUT2D eigenvalue weighted by Crippen LogP contribution is -2.49. The molecule has 1 aliphatic carbocycles. The zero-order valence-corrected chi connectivity index (χ0v) is 10.5. The molecule has 1 heterocycles. The number of rotatable bonds is 1. The molecule has 2 aliphatic rings. The predicted octanol–water partition coefficient (Wildman–Crippen LogP) is 2.83. The third-order valence-corrected chi connectivity index (χ3v) is 4.11. The fraction of sp³-hybridized carbons (Fsp3) is 0.600. The van der Waals surface area contributed by atoms with Gasteiger partial charge in [-0.05, 0) is 36.8 Å². The quantitative estimate of drug-likeness (QED) is 0.802. The summed E-state index contributed by atoms with van der Waals surface area (Å²) in [5.41, 5.74) is 2.90. The van der Waals surface area contributed by atoms with E-state index in [0.29, 0.717) is 12.1 Å². The Morgan fingerprint density at radius 3 is 3.12 bits per heavy atom. The van der Waals surface area contributed by atoms with Crippen molar-refractivity contribution >= 4 is 0 Å². The van der Waals surface area contributed by atoms with Gasteiger partial charge >= 0.3 is 0 Å². The number of ether oxygens (including phenoxy) is 1. The van der Waals surface area contributed by atoms with Gasteiger partial charge in [-0.25, -0.2) is 0 Å². The summed E-state index contributed by atoms with van der Waals surface area (Å²) in [5, 5.41) is 3.76. The van der Waals surface area contributed by atoms with Gasteiger partial charge in [0.1, 0.15) is 0 Å². The zero-order valence-electron chi connectivity index (χ0n) is 10.5. The fourth-order valence-electron chi connectivity index (χ4n) is 3.10. The molecule has 1 aliphatic heterocycles. The smallest absolute Gasteiger partial charge is 0.0981 e. The minimum atomic E-state index is 0.275. The molecule has 2 nitrogen and oxygen atoms in total. The van der Waals surface area contributed by atoms with Crippen molar-refractivity contribution in [3.05, 3.63) is 35.4 Å². The molecule has 1 fully saturated rings. The van der Waals surface area contributed by atoms with Crippen molar-refractivity contribution in [1.82, 2.24) is 5.32 Å². The molecule has 92 valence electrons. The molecule has 0 radical (unpaired) electrons. The fourth-order valence-corrected chi connectivity index (χ4v) is 3.10. The minimum Gasteiger partial charge on any atom is -0.370 e. The number of morpholine rings is 1. The van der Waals surface area contributed by atoms with Crippen molar-refractivity contribution in [2.24, 2.45) is 0 Å². The van der Waals surface area contributed by atoms with Gasteiger partial charge in [-0.2, -0.15) is 0 Å². The van der Waals surface area contributed by atoms with Crippen molar-refractivity contribution < 1.29 is 4.74 Å². The molecule has 1 N–H and O–H groups in total. The number of fused-ring (bicyclic) bond motifs is 3. The van der Waals surface area contributed by atoms with Crippen LogP contribution in [0.15, 0.2) is 24.3 Å². The standard InChI is InChI=1S/C15H21NO/c1-2-12-10-17-15-13-8-4-3-6-11(13)7-5-9-14(15)16-12/h3-4,6,8,12,14-16H,2,5,7,9-10H2,1H3. The van der Waals surface area contributed by atoms with Gasteiger partial charge < -0.3 is 10.1 Å². The summed E-state index contributed by atoms with van der Waals surface area (Å²) in [6.45, 7) is 3.08. The summed E-state index contributed by atoms with van der Waals surface area (Å²) in [7, 11) is 0. The molecule has 0 aromatic heterocycles. The van der Waals surface area contributed by atoms with Crippen LogP contribution >= 0.6 is 0 Å². The van der Waals surface area contributed by atoms with Gasteiger partial charge in [0, 0.05) is 12.1 Å². The van der Waals surface area contributed by atoms with Crippen molar-refractivity contribution in [2.75, 3.05) is 6.61 Å². The highest BCUT2D eigenvalue weighted by molar-refractivity contribution is 5.32. The first-order valence-electron chi connectivity index (χ1n) is 6.84. The second-order valence-corrected chi connectivity index (χ2v) is 5.22. The monoisotopic (exact) mass is 231 g/mol. The van der Waals surface area contributed by atoms with E-state index >= 15 is 0 Å². The molecule has 0 amide bonds. The van der Waals surface area contributed by atoms with Crippen molar-refractivity contribution in [3.8, 4) is 0 Å². The SMILES string of the molecule is CCC1COC2c3ccccc3CCCC2N1. The Morgan fingerprint density at radius 2 is 2.24 bits per heavy atom. The first kappa shape index (κ1) is 11.2. The average molecular weight is 231 g/mol. The van der Waals surface area contributed by atoms with E-state index in [1.807, 2.05) is 0 Å². The van der Waals surface area contributed by atoms with Gasteiger partial charge in [0.2, 0.25) is 0 Å². The van der Waals surface area contributed by atoms with Gasteiger partial charge in [0.25, 0.3) is 0 Å². The maximum absolute atomic E-state index is 6.13. The molecular formula is C15H21NO. The predicted molar refractivity (Wildman–Crippen MR) is 69.1 cm³/mol. The van der Waals surface area contributed by atoms with Crippen molar-refractivity contribution in [1.29, 1.82) is 0 Å². The van der Waals surface area contributed by atoms with E-state index in [1.165, 1.54) is 30.4 Å². The number of hydrogen-bond donors (Lipinski definition) is 1. The van der Waals surface area contributed by atoms with Crippen LogP contribution in [0.2, 0.25) is 0 Å². The lowest BCUT2D eigenvalue weighted by atomic mass is 9.96. The Hall–Kier alpha value is -0.860. The van der Waals surface area contributed by atoms with Crippen LogP contribution in [0.5, 0.6) is 0 Å². The Morgan fingerprint density at radius 1 is 1.35 bits per heavy atom. The number of nitrogens with one attached hydrogen (secondary N) is 1. The number of hydrogen-bond acceptors (Lipinski definition) is 2. The largest absolute Gasteiger partial charge is 0.370 e. The number of benzene rings is 1. The lowest BCUT2D eigenvalue weighted by Gasteiger charge is -2.37. The average Bonchev–Trinajstić information content (AvgIpc) is 2.57. The molecule has 0 spiro atoms. The molecule has 1 aromatic carbocycles. The Balaban J connectivity index is 1.89. The first-order valence-corrected chi connectivity index (χ1v) is 6.84. The van der Waals surface area contributed by atoms with E-state index in [4.69, 9.17) is 4.74 Å². The summed E-state index contributed by atoms with van der Waals surface area (Å²) in [6, 6.07) is 9.83. The van der Waals surface area contributed by atoms with Gasteiger partial charge in [-0.15, -0.1) is 0 Å². The maximum atomic E-state index is 6.13. The summed E-state index contributed by atoms with van der Waals surface area (Å²) in [5.74, 6) is 0. The summed E-state index contributed by atoms with van der Waals surface area (Å²) in [4.78, 5) is 0. The lowest BCUT2D eigenvalue weighted by molar-refractivity contribution is -0.0311. The van der Waals surface area contributed by atoms with Crippen molar-refractivity contribution in [2.45, 2.75) is 50.8 Å². The van der Waals surface area contributed by atoms with E-state index in [2.05, 4.69) is 36.5 Å². The van der Waals surface area contributed by atoms with Gasteiger partial charge in [-0.3, -0.25) is 0 Å². The van der Waals surface area contributed by atoms with Crippen LogP contribution in [0, 0.1) is 0 Å². The van der Waals surface area contributed by atoms with Gasteiger partial charge in [-0.1, -0.05) is 31.2 Å². The third-order valence-electron chi connectivity index (χ3n) is 4.11. The molecule has 3 unspecified atom stereocenters. The van der Waals surface area contributed by atoms with Crippen LogP contribution in [-0.2, 0) is 11.2 Å². The van der Waals surface area contributed by atoms with E-state index in [9.17, 15) is 0 Å². The Labute approximate surface area is 103 Å². The zero-order chi connectivity index (χ0) is 11.7. The van der Waals surface area contributed by atoms with Gasteiger partial charge in [0.05, 0.1) is 12.7 Å². The Bertz CT molecular complexity index is 390. The van der Waals surface area contributed by atoms with Crippen LogP contribution in [0.4, 0.5) is 0 Å². The van der Waals surface area contributed by atoms with Gasteiger partial charge in [0.15, 0.2) is 0 Å². The van der Waals surface area contributed by atoms with Crippen LogP contribution in [0.1, 0.15) is 43.4 Å². The minimum absolute atomic E-state index is 0.275. The topological polar surface area (TPSA) is 21.3 Å². The van der Waals surface area contributed by atoms with E-state index < -0.39 is 0 Å². The summed E-state index contributed by atoms with van der Waals surface area (Å²) in [6.07, 6.45) is 5.13. The number of aryl methyl sites for hydroxylation is 1. The second-order valence-electron chi connectivity index (χ2n) is 5.22. The molecule has 1 aromatic rings. The molecule has 3 atom stereocenters. The molecule has 0 bridgehead atoms. The highest BCUT2D eigenvalue weighted by atomic mass is 16.5. The molecule has 3 rings (SSSR count). The van der Waals surface area contributed by atoms with Crippen LogP contribution < -0.4 is 5.32 Å². The van der Waals surface area contributed by atoms with E-state index in [0.717, 1.165) is 13.0 Å². The van der Waals surface area contributed by atoms with Crippen LogP contribution in [0.25, 0.3) is 0 Å². The van der Waals surface area contributed by atoms with Crippen molar-refractivity contribution in [3.63, 3.8) is 0 Å². The second kappa shape index (κ2) is 4.79. The maximum Gasteiger partial charge on any atom is 0.0981 e. The molecule has 17 heavy (non-hydrogen) atoms. The summed E-state index contributed by atoms with van der Waals surface area (Å²) >= 11 is 0. The van der Waals surface area contributed by atoms with Crippen LogP contribution in [-0.4, -0.2) is 18.7 Å². The highest BCUT2D eigenvalue weighted by Gasteiger charge is 2.33. The Kier molecular flexibility index (Phi) is 3.17. The third kappa shape index (κ3) is 2.12. The molecule has 2 heteroatoms. The molecule has 1 saturated heterocycles. The van der Waals surface area contributed by atoms with E-state index in [-0.39, 0.29) is 6.10 Å². The highest BCUT2D eigenvalue weighted by Crippen LogP contribution is 2.34. The summed E-state index contributed by atoms with van der Waals surface area (Å²) < 4.78 is 6.13. The molecule has 0 saturated carbocycles. The first-order chi connectivity index (χ1) is 8.38. The normalized spacial score (nSPS) is 32.4.